The Morgan fingerprint density at radius 2 is 1.36 bits per heavy atom. The smallest absolute Gasteiger partial charge is 0.116 e. The van der Waals surface area contributed by atoms with Gasteiger partial charge in [-0.15, -0.1) is 0 Å². The summed E-state index contributed by atoms with van der Waals surface area (Å²) in [7, 11) is 0. The molecule has 0 unspecified atom stereocenters. The molecule has 2 heterocycles. The highest BCUT2D eigenvalue weighted by molar-refractivity contribution is 5.77. The minimum absolute atomic E-state index is 0.957. The zero-order valence-electron chi connectivity index (χ0n) is 12.6. The lowest BCUT2D eigenvalue weighted by Gasteiger charge is -1.95. The Balaban J connectivity index is 0.000000131. The van der Waals surface area contributed by atoms with Crippen LogP contribution in [-0.4, -0.2) is 19.9 Å². The van der Waals surface area contributed by atoms with Crippen LogP contribution >= 0.6 is 0 Å². The van der Waals surface area contributed by atoms with Gasteiger partial charge in [0.15, 0.2) is 0 Å². The molecule has 4 nitrogen and oxygen atoms in total. The summed E-state index contributed by atoms with van der Waals surface area (Å²) >= 11 is 0. The van der Waals surface area contributed by atoms with Crippen molar-refractivity contribution >= 4 is 21.9 Å². The van der Waals surface area contributed by atoms with Gasteiger partial charge in [0, 0.05) is 24.0 Å². The Kier molecular flexibility index (Phi) is 4.01. The topological polar surface area (TPSA) is 51.6 Å². The van der Waals surface area contributed by atoms with Gasteiger partial charge >= 0.3 is 0 Å². The molecule has 0 radical (unpaired) electrons. The fraction of sp³-hybridized carbons (Fsp3) is 0.111. The second kappa shape index (κ2) is 6.26. The third-order valence-corrected chi connectivity index (χ3v) is 3.28. The fourth-order valence-corrected chi connectivity index (χ4v) is 2.18. The molecule has 0 N–H and O–H groups in total. The highest BCUT2D eigenvalue weighted by atomic mass is 14.8. The number of fused-ring (bicyclic) bond motifs is 2. The van der Waals surface area contributed by atoms with E-state index in [9.17, 15) is 0 Å². The predicted octanol–water partition coefficient (Wildman–Crippen LogP) is 3.88. The maximum atomic E-state index is 4.18. The summed E-state index contributed by atoms with van der Waals surface area (Å²) in [5, 5.41) is 1.10. The fourth-order valence-electron chi connectivity index (χ4n) is 2.18. The van der Waals surface area contributed by atoms with Gasteiger partial charge in [0.05, 0.1) is 16.6 Å². The van der Waals surface area contributed by atoms with Crippen LogP contribution < -0.4 is 0 Å². The standard InChI is InChI=1S/2C9H8N2/c1-7-2-3-9-8(4-7)5-10-6-11-9;1-7-2-3-8-9(6-7)11-5-4-10-8/h2*2-6H,1H3. The van der Waals surface area contributed by atoms with Crippen molar-refractivity contribution in [2.24, 2.45) is 0 Å². The molecule has 0 saturated carbocycles. The monoisotopic (exact) mass is 288 g/mol. The van der Waals surface area contributed by atoms with Crippen LogP contribution in [0.2, 0.25) is 0 Å². The Labute approximate surface area is 128 Å². The van der Waals surface area contributed by atoms with E-state index in [4.69, 9.17) is 0 Å². The molecule has 2 aromatic carbocycles. The van der Waals surface area contributed by atoms with E-state index in [2.05, 4.69) is 39.0 Å². The largest absolute Gasteiger partial charge is 0.253 e. The first kappa shape index (κ1) is 14.1. The Bertz CT molecular complexity index is 841. The quantitative estimate of drug-likeness (QED) is 0.493. The zero-order chi connectivity index (χ0) is 15.4. The molecule has 22 heavy (non-hydrogen) atoms. The van der Waals surface area contributed by atoms with Gasteiger partial charge in [-0.05, 0) is 43.7 Å². The van der Waals surface area contributed by atoms with Crippen molar-refractivity contribution in [2.75, 3.05) is 0 Å². The van der Waals surface area contributed by atoms with E-state index in [0.29, 0.717) is 0 Å². The molecule has 0 saturated heterocycles. The molecule has 0 aliphatic heterocycles. The van der Waals surface area contributed by atoms with Crippen molar-refractivity contribution in [1.82, 2.24) is 19.9 Å². The van der Waals surface area contributed by atoms with Crippen molar-refractivity contribution < 1.29 is 0 Å². The molecule has 108 valence electrons. The number of aryl methyl sites for hydroxylation is 2. The summed E-state index contributed by atoms with van der Waals surface area (Å²) < 4.78 is 0. The lowest BCUT2D eigenvalue weighted by molar-refractivity contribution is 1.22. The Morgan fingerprint density at radius 3 is 2.18 bits per heavy atom. The van der Waals surface area contributed by atoms with Crippen molar-refractivity contribution in [3.05, 3.63) is 72.4 Å². The molecule has 0 amide bonds. The summed E-state index contributed by atoms with van der Waals surface area (Å²) in [5.41, 5.74) is 5.39. The maximum absolute atomic E-state index is 4.18. The molecule has 0 spiro atoms. The molecule has 4 rings (SSSR count). The summed E-state index contributed by atoms with van der Waals surface area (Å²) in [6, 6.07) is 12.2. The first-order valence-corrected chi connectivity index (χ1v) is 7.06. The van der Waals surface area contributed by atoms with E-state index >= 15 is 0 Å². The highest BCUT2D eigenvalue weighted by Crippen LogP contribution is 2.10. The third kappa shape index (κ3) is 3.23. The maximum Gasteiger partial charge on any atom is 0.116 e. The highest BCUT2D eigenvalue weighted by Gasteiger charge is 1.93. The second-order valence-corrected chi connectivity index (χ2v) is 5.13. The van der Waals surface area contributed by atoms with Crippen molar-refractivity contribution in [2.45, 2.75) is 13.8 Å². The first-order valence-electron chi connectivity index (χ1n) is 7.06. The van der Waals surface area contributed by atoms with Crippen LogP contribution in [0, 0.1) is 13.8 Å². The number of aromatic nitrogens is 4. The number of hydrogen-bond acceptors (Lipinski definition) is 4. The average molecular weight is 288 g/mol. The number of nitrogens with zero attached hydrogens (tertiary/aromatic N) is 4. The Hall–Kier alpha value is -2.88. The van der Waals surface area contributed by atoms with Crippen LogP contribution in [-0.2, 0) is 0 Å². The predicted molar refractivity (Wildman–Crippen MR) is 88.6 cm³/mol. The second-order valence-electron chi connectivity index (χ2n) is 5.13. The molecule has 0 atom stereocenters. The zero-order valence-corrected chi connectivity index (χ0v) is 12.6. The average Bonchev–Trinajstić information content (AvgIpc) is 2.55. The molecule has 4 heteroatoms. The normalized spacial score (nSPS) is 10.3. The summed E-state index contributed by atoms with van der Waals surface area (Å²) in [4.78, 5) is 16.4. The molecular formula is C18H16N4. The van der Waals surface area contributed by atoms with Gasteiger partial charge in [-0.25, -0.2) is 9.97 Å². The van der Waals surface area contributed by atoms with Crippen molar-refractivity contribution in [3.8, 4) is 0 Å². The molecule has 2 aromatic heterocycles. The number of hydrogen-bond donors (Lipinski definition) is 0. The minimum Gasteiger partial charge on any atom is -0.253 e. The number of rotatable bonds is 0. The van der Waals surface area contributed by atoms with E-state index < -0.39 is 0 Å². The van der Waals surface area contributed by atoms with Gasteiger partial charge in [-0.3, -0.25) is 9.97 Å². The number of benzene rings is 2. The summed E-state index contributed by atoms with van der Waals surface area (Å²) in [6.45, 7) is 4.11. The summed E-state index contributed by atoms with van der Waals surface area (Å²) in [6.07, 6.45) is 6.81. The van der Waals surface area contributed by atoms with Crippen LogP contribution in [0.5, 0.6) is 0 Å². The van der Waals surface area contributed by atoms with Crippen LogP contribution in [0.4, 0.5) is 0 Å². The molecule has 0 aliphatic rings. The van der Waals surface area contributed by atoms with E-state index in [1.807, 2.05) is 37.4 Å². The lowest BCUT2D eigenvalue weighted by atomic mass is 10.2. The molecule has 0 fully saturated rings. The van der Waals surface area contributed by atoms with E-state index in [1.54, 1.807) is 18.7 Å². The van der Waals surface area contributed by atoms with Gasteiger partial charge in [0.1, 0.15) is 6.33 Å². The van der Waals surface area contributed by atoms with E-state index in [1.165, 1.54) is 11.1 Å². The molecule has 0 aliphatic carbocycles. The van der Waals surface area contributed by atoms with E-state index in [0.717, 1.165) is 21.9 Å². The van der Waals surface area contributed by atoms with Crippen LogP contribution in [0.25, 0.3) is 21.9 Å². The van der Waals surface area contributed by atoms with Crippen molar-refractivity contribution in [1.29, 1.82) is 0 Å². The van der Waals surface area contributed by atoms with Crippen LogP contribution in [0.3, 0.4) is 0 Å². The molecule has 4 aromatic rings. The van der Waals surface area contributed by atoms with Gasteiger partial charge in [-0.2, -0.15) is 0 Å². The van der Waals surface area contributed by atoms with Gasteiger partial charge < -0.3 is 0 Å². The van der Waals surface area contributed by atoms with Gasteiger partial charge in [0.2, 0.25) is 0 Å². The van der Waals surface area contributed by atoms with Crippen molar-refractivity contribution in [3.63, 3.8) is 0 Å². The van der Waals surface area contributed by atoms with Gasteiger partial charge in [-0.1, -0.05) is 17.7 Å². The third-order valence-electron chi connectivity index (χ3n) is 3.28. The molecule has 0 bridgehead atoms. The van der Waals surface area contributed by atoms with E-state index in [-0.39, 0.29) is 0 Å². The SMILES string of the molecule is Cc1ccc2nccnc2c1.Cc1ccc2ncncc2c1. The Morgan fingerprint density at radius 1 is 0.682 bits per heavy atom. The first-order chi connectivity index (χ1) is 10.7. The lowest BCUT2D eigenvalue weighted by Crippen LogP contribution is -1.81. The minimum atomic E-state index is 0.957. The molecular weight excluding hydrogens is 272 g/mol. The van der Waals surface area contributed by atoms with Gasteiger partial charge in [0.25, 0.3) is 0 Å². The van der Waals surface area contributed by atoms with Crippen LogP contribution in [0.1, 0.15) is 11.1 Å². The van der Waals surface area contributed by atoms with Crippen LogP contribution in [0.15, 0.2) is 61.3 Å². The summed E-state index contributed by atoms with van der Waals surface area (Å²) in [5.74, 6) is 0.